The quantitative estimate of drug-likeness (QED) is 0.549. The van der Waals surface area contributed by atoms with Crippen LogP contribution < -0.4 is 10.1 Å². The van der Waals surface area contributed by atoms with E-state index in [4.69, 9.17) is 21.6 Å². The molecule has 32 heavy (non-hydrogen) atoms. The number of methoxy groups -OCH3 is 1. The lowest BCUT2D eigenvalue weighted by Gasteiger charge is -2.26. The van der Waals surface area contributed by atoms with Crippen molar-refractivity contribution in [3.63, 3.8) is 0 Å². The lowest BCUT2D eigenvalue weighted by molar-refractivity contribution is -0.124. The van der Waals surface area contributed by atoms with Gasteiger partial charge in [0.05, 0.1) is 18.7 Å². The Morgan fingerprint density at radius 1 is 1.25 bits per heavy atom. The number of aromatic nitrogens is 2. The van der Waals surface area contributed by atoms with Crippen LogP contribution in [0.3, 0.4) is 0 Å². The summed E-state index contributed by atoms with van der Waals surface area (Å²) in [4.78, 5) is 22.4. The smallest absolute Gasteiger partial charge is 0.237 e. The Hall–Kier alpha value is -3.34. The highest BCUT2D eigenvalue weighted by molar-refractivity contribution is 6.30. The van der Waals surface area contributed by atoms with Gasteiger partial charge in [-0.3, -0.25) is 9.69 Å². The molecule has 0 bridgehead atoms. The van der Waals surface area contributed by atoms with Gasteiger partial charge in [-0.1, -0.05) is 29.8 Å². The molecule has 2 N–H and O–H groups in total. The molecule has 0 aliphatic carbocycles. The summed E-state index contributed by atoms with van der Waals surface area (Å²) in [5.41, 5.74) is 3.49. The zero-order valence-corrected chi connectivity index (χ0v) is 18.5. The Bertz CT molecular complexity index is 1150. The highest BCUT2D eigenvalue weighted by Crippen LogP contribution is 2.22. The number of rotatable bonds is 8. The van der Waals surface area contributed by atoms with Crippen molar-refractivity contribution in [2.75, 3.05) is 13.7 Å². The van der Waals surface area contributed by atoms with E-state index in [-0.39, 0.29) is 11.9 Å². The van der Waals surface area contributed by atoms with Crippen LogP contribution >= 0.6 is 11.6 Å². The van der Waals surface area contributed by atoms with E-state index in [1.807, 2.05) is 42.6 Å². The molecule has 2 heterocycles. The maximum Gasteiger partial charge on any atom is 0.237 e. The van der Waals surface area contributed by atoms with Gasteiger partial charge in [-0.15, -0.1) is 0 Å². The zero-order valence-electron chi connectivity index (χ0n) is 17.8. The molecular formula is C24H24ClN5O2. The largest absolute Gasteiger partial charge is 0.495 e. The maximum atomic E-state index is 12.4. The third-order valence-corrected chi connectivity index (χ3v) is 5.78. The fraction of sp³-hybridized carbons (Fsp3) is 0.292. The molecule has 8 heteroatoms. The first kappa shape index (κ1) is 21.9. The number of carbonyl (C=O) groups is 1. The minimum atomic E-state index is -0.191. The van der Waals surface area contributed by atoms with Crippen molar-refractivity contribution in [1.29, 1.82) is 5.26 Å². The van der Waals surface area contributed by atoms with E-state index in [9.17, 15) is 4.79 Å². The standard InChI is InChI=1S/C24H24ClN5O2/c1-32-22-10-16(5-6-18(22)12-26)11-23-28-13-20(29-23)15-30(21-7-8-27-24(21)31)14-17-3-2-4-19(25)9-17/h2-6,9-10,13,21H,7-8,11,14-15H2,1H3,(H,27,31)(H,28,29). The molecule has 1 aliphatic rings. The van der Waals surface area contributed by atoms with Crippen molar-refractivity contribution >= 4 is 17.5 Å². The molecule has 1 amide bonds. The van der Waals surface area contributed by atoms with Gasteiger partial charge in [0.1, 0.15) is 17.6 Å². The Kier molecular flexibility index (Phi) is 6.74. The Labute approximate surface area is 192 Å². The maximum absolute atomic E-state index is 12.4. The summed E-state index contributed by atoms with van der Waals surface area (Å²) in [7, 11) is 1.55. The van der Waals surface area contributed by atoms with Gasteiger partial charge in [-0.05, 0) is 41.8 Å². The molecule has 1 aromatic heterocycles. The highest BCUT2D eigenvalue weighted by Gasteiger charge is 2.30. The van der Waals surface area contributed by atoms with E-state index in [1.165, 1.54) is 0 Å². The van der Waals surface area contributed by atoms with E-state index in [0.717, 1.165) is 29.1 Å². The number of amides is 1. The molecule has 0 saturated carbocycles. The molecule has 4 rings (SSSR count). The average molecular weight is 450 g/mol. The number of nitriles is 1. The molecule has 3 aromatic rings. The SMILES string of the molecule is COc1cc(Cc2ncc(CN(Cc3cccc(Cl)c3)C3CCNC3=O)[nH]2)ccc1C#N. The summed E-state index contributed by atoms with van der Waals surface area (Å²) in [6, 6.07) is 15.2. The second-order valence-corrected chi connectivity index (χ2v) is 8.25. The van der Waals surface area contributed by atoms with E-state index in [2.05, 4.69) is 26.3 Å². The van der Waals surface area contributed by atoms with Gasteiger partial charge in [0.25, 0.3) is 0 Å². The van der Waals surface area contributed by atoms with Crippen LogP contribution in [-0.4, -0.2) is 40.5 Å². The van der Waals surface area contributed by atoms with Gasteiger partial charge in [-0.2, -0.15) is 5.26 Å². The van der Waals surface area contributed by atoms with Gasteiger partial charge in [0, 0.05) is 43.0 Å². The Morgan fingerprint density at radius 2 is 2.12 bits per heavy atom. The van der Waals surface area contributed by atoms with Gasteiger partial charge in [0.2, 0.25) is 5.91 Å². The van der Waals surface area contributed by atoms with Gasteiger partial charge >= 0.3 is 0 Å². The molecule has 2 aromatic carbocycles. The molecule has 0 radical (unpaired) electrons. The van der Waals surface area contributed by atoms with Gasteiger partial charge in [-0.25, -0.2) is 4.98 Å². The van der Waals surface area contributed by atoms with Crippen molar-refractivity contribution in [3.8, 4) is 11.8 Å². The van der Waals surface area contributed by atoms with Crippen LogP contribution in [-0.2, 0) is 24.3 Å². The first-order valence-electron chi connectivity index (χ1n) is 10.4. The number of hydrogen-bond donors (Lipinski definition) is 2. The van der Waals surface area contributed by atoms with Crippen LogP contribution in [0.2, 0.25) is 5.02 Å². The number of nitrogens with one attached hydrogen (secondary N) is 2. The van der Waals surface area contributed by atoms with Crippen LogP contribution in [0, 0.1) is 11.3 Å². The minimum Gasteiger partial charge on any atom is -0.495 e. The monoisotopic (exact) mass is 449 g/mol. The van der Waals surface area contributed by atoms with Crippen molar-refractivity contribution in [3.05, 3.63) is 81.9 Å². The van der Waals surface area contributed by atoms with Crippen molar-refractivity contribution in [2.24, 2.45) is 0 Å². The third kappa shape index (κ3) is 5.10. The molecule has 7 nitrogen and oxygen atoms in total. The van der Waals surface area contributed by atoms with E-state index >= 15 is 0 Å². The fourth-order valence-electron chi connectivity index (χ4n) is 4.00. The number of nitrogens with zero attached hydrogens (tertiary/aromatic N) is 3. The van der Waals surface area contributed by atoms with Crippen molar-refractivity contribution in [2.45, 2.75) is 32.0 Å². The van der Waals surface area contributed by atoms with E-state index in [1.54, 1.807) is 13.2 Å². The van der Waals surface area contributed by atoms with Crippen LogP contribution in [0.15, 0.2) is 48.7 Å². The van der Waals surface area contributed by atoms with Crippen LogP contribution in [0.5, 0.6) is 5.75 Å². The summed E-state index contributed by atoms with van der Waals surface area (Å²) in [6.07, 6.45) is 3.17. The first-order chi connectivity index (χ1) is 15.6. The second-order valence-electron chi connectivity index (χ2n) is 7.81. The first-order valence-corrected chi connectivity index (χ1v) is 10.8. The summed E-state index contributed by atoms with van der Waals surface area (Å²) < 4.78 is 5.30. The molecule has 0 spiro atoms. The molecule has 1 atom stereocenters. The van der Waals surface area contributed by atoms with E-state index in [0.29, 0.717) is 42.4 Å². The topological polar surface area (TPSA) is 94.0 Å². The molecule has 1 saturated heterocycles. The number of hydrogen-bond acceptors (Lipinski definition) is 5. The fourth-order valence-corrected chi connectivity index (χ4v) is 4.21. The summed E-state index contributed by atoms with van der Waals surface area (Å²) in [6.45, 7) is 1.86. The number of imidazole rings is 1. The van der Waals surface area contributed by atoms with Gasteiger partial charge in [0.15, 0.2) is 0 Å². The Morgan fingerprint density at radius 3 is 2.84 bits per heavy atom. The molecule has 164 valence electrons. The number of benzene rings is 2. The summed E-state index contributed by atoms with van der Waals surface area (Å²) >= 11 is 6.16. The molecular weight excluding hydrogens is 426 g/mol. The van der Waals surface area contributed by atoms with Gasteiger partial charge < -0.3 is 15.0 Å². The molecule has 1 aliphatic heterocycles. The predicted octanol–water partition coefficient (Wildman–Crippen LogP) is 3.42. The number of aromatic amines is 1. The molecule has 1 unspecified atom stereocenters. The summed E-state index contributed by atoms with van der Waals surface area (Å²) in [5, 5.41) is 12.8. The number of carbonyl (C=O) groups excluding carboxylic acids is 1. The number of halogens is 1. The highest BCUT2D eigenvalue weighted by atomic mass is 35.5. The Balaban J connectivity index is 1.50. The lowest BCUT2D eigenvalue weighted by Crippen LogP contribution is -2.39. The minimum absolute atomic E-state index is 0.0523. The zero-order chi connectivity index (χ0) is 22.5. The normalized spacial score (nSPS) is 15.6. The van der Waals surface area contributed by atoms with E-state index < -0.39 is 0 Å². The number of ether oxygens (including phenoxy) is 1. The summed E-state index contributed by atoms with van der Waals surface area (Å²) in [5.74, 6) is 1.42. The third-order valence-electron chi connectivity index (χ3n) is 5.55. The lowest BCUT2D eigenvalue weighted by atomic mass is 10.1. The number of H-pyrrole nitrogens is 1. The molecule has 1 fully saturated rings. The van der Waals surface area contributed by atoms with Crippen molar-refractivity contribution < 1.29 is 9.53 Å². The van der Waals surface area contributed by atoms with Crippen LogP contribution in [0.1, 0.15) is 34.6 Å². The predicted molar refractivity (Wildman–Crippen MR) is 121 cm³/mol. The van der Waals surface area contributed by atoms with Crippen LogP contribution in [0.4, 0.5) is 0 Å². The second kappa shape index (κ2) is 9.86. The van der Waals surface area contributed by atoms with Crippen LogP contribution in [0.25, 0.3) is 0 Å². The average Bonchev–Trinajstić information content (AvgIpc) is 3.41. The van der Waals surface area contributed by atoms with Crippen molar-refractivity contribution in [1.82, 2.24) is 20.2 Å².